The number of nitro benzene ring substituents is 1. The van der Waals surface area contributed by atoms with Crippen LogP contribution in [0.15, 0.2) is 47.5 Å². The number of carbonyl (C=O) groups is 2. The van der Waals surface area contributed by atoms with Gasteiger partial charge in [-0.15, -0.1) is 18.3 Å². The highest BCUT2D eigenvalue weighted by atomic mass is 32.2. The summed E-state index contributed by atoms with van der Waals surface area (Å²) in [6.45, 7) is 3.58. The maximum Gasteiger partial charge on any atom is 0.319 e. The Morgan fingerprint density at radius 1 is 1.54 bits per heavy atom. The molecule has 0 spiro atoms. The van der Waals surface area contributed by atoms with Crippen LogP contribution in [0.2, 0.25) is 0 Å². The molecule has 1 amide bonds. The molecule has 1 heterocycles. The average molecular weight is 373 g/mol. The van der Waals surface area contributed by atoms with Crippen LogP contribution in [-0.2, 0) is 14.3 Å². The molecule has 2 atom stereocenters. The predicted molar refractivity (Wildman–Crippen MR) is 94.8 cm³/mol. The Morgan fingerprint density at radius 2 is 2.23 bits per heavy atom. The number of nitriles is 1. The van der Waals surface area contributed by atoms with Gasteiger partial charge in [-0.3, -0.25) is 19.7 Å². The Labute approximate surface area is 153 Å². The van der Waals surface area contributed by atoms with E-state index < -0.39 is 28.6 Å². The van der Waals surface area contributed by atoms with Crippen molar-refractivity contribution >= 4 is 29.3 Å². The number of esters is 1. The lowest BCUT2D eigenvalue weighted by Crippen LogP contribution is -2.44. The molecule has 0 aliphatic carbocycles. The third-order valence-electron chi connectivity index (χ3n) is 3.80. The zero-order valence-corrected chi connectivity index (χ0v) is 14.6. The van der Waals surface area contributed by atoms with Crippen molar-refractivity contribution in [2.24, 2.45) is 5.92 Å². The Kier molecular flexibility index (Phi) is 6.14. The van der Waals surface area contributed by atoms with Crippen molar-refractivity contribution in [1.29, 1.82) is 5.26 Å². The van der Waals surface area contributed by atoms with Gasteiger partial charge in [-0.25, -0.2) is 0 Å². The molecule has 0 bridgehead atoms. The summed E-state index contributed by atoms with van der Waals surface area (Å²) in [7, 11) is 1.11. The number of nitrogens with zero attached hydrogens (tertiary/aromatic N) is 2. The van der Waals surface area contributed by atoms with Crippen molar-refractivity contribution in [1.82, 2.24) is 5.32 Å². The van der Waals surface area contributed by atoms with Crippen molar-refractivity contribution in [2.75, 3.05) is 12.9 Å². The first kappa shape index (κ1) is 19.2. The number of allylic oxidation sites excluding steroid dienone is 1. The van der Waals surface area contributed by atoms with E-state index in [0.29, 0.717) is 5.75 Å². The zero-order chi connectivity index (χ0) is 19.3. The molecule has 9 heteroatoms. The second-order valence-electron chi connectivity index (χ2n) is 5.24. The van der Waals surface area contributed by atoms with Gasteiger partial charge in [-0.1, -0.05) is 24.3 Å². The molecular formula is C17H15N3O5S. The van der Waals surface area contributed by atoms with Crippen molar-refractivity contribution in [3.05, 3.63) is 63.2 Å². The molecule has 1 N–H and O–H groups in total. The number of ether oxygens (including phenoxy) is 1. The Balaban J connectivity index is 2.73. The molecule has 1 aromatic carbocycles. The van der Waals surface area contributed by atoms with E-state index >= 15 is 0 Å². The van der Waals surface area contributed by atoms with E-state index in [4.69, 9.17) is 4.74 Å². The standard InChI is InChI=1S/C17H15N3O5S/c1-3-8-26-16-11(9-18)13(14(15(21)19-16)17(22)25-2)10-6-4-5-7-12(10)20(23)24/h3-7,13-14H,1,8H2,2H3,(H,19,21). The number of nitrogens with one attached hydrogen (secondary N) is 1. The van der Waals surface area contributed by atoms with E-state index in [9.17, 15) is 25.0 Å². The molecule has 26 heavy (non-hydrogen) atoms. The summed E-state index contributed by atoms with van der Waals surface area (Å²) in [5, 5.41) is 23.9. The molecule has 0 radical (unpaired) electrons. The number of hydrogen-bond donors (Lipinski definition) is 1. The SMILES string of the molecule is C=CCSC1=C(C#N)C(c2ccccc2[N+](=O)[O-])C(C(=O)OC)C(=O)N1. The average Bonchev–Trinajstić information content (AvgIpc) is 2.64. The fraction of sp³-hybridized carbons (Fsp3) is 0.235. The molecular weight excluding hydrogens is 358 g/mol. The third kappa shape index (κ3) is 3.60. The fourth-order valence-electron chi connectivity index (χ4n) is 2.71. The third-order valence-corrected chi connectivity index (χ3v) is 4.81. The number of methoxy groups -OCH3 is 1. The summed E-state index contributed by atoms with van der Waals surface area (Å²) >= 11 is 1.15. The summed E-state index contributed by atoms with van der Waals surface area (Å²) in [5.41, 5.74) is -0.0981. The Hall–Kier alpha value is -3.12. The van der Waals surface area contributed by atoms with E-state index in [2.05, 4.69) is 11.9 Å². The molecule has 0 fully saturated rings. The maximum absolute atomic E-state index is 12.5. The normalized spacial score (nSPS) is 19.3. The van der Waals surface area contributed by atoms with Crippen LogP contribution >= 0.6 is 11.8 Å². The van der Waals surface area contributed by atoms with Crippen molar-refractivity contribution in [3.8, 4) is 6.07 Å². The van der Waals surface area contributed by atoms with Gasteiger partial charge in [0.1, 0.15) is 5.92 Å². The smallest absolute Gasteiger partial charge is 0.319 e. The van der Waals surface area contributed by atoms with Gasteiger partial charge in [0.2, 0.25) is 5.91 Å². The van der Waals surface area contributed by atoms with Crippen LogP contribution in [0.25, 0.3) is 0 Å². The molecule has 134 valence electrons. The van der Waals surface area contributed by atoms with Gasteiger partial charge >= 0.3 is 5.97 Å². The van der Waals surface area contributed by atoms with Crippen molar-refractivity contribution < 1.29 is 19.2 Å². The number of hydrogen-bond acceptors (Lipinski definition) is 7. The quantitative estimate of drug-likeness (QED) is 0.267. The second kappa shape index (κ2) is 8.31. The lowest BCUT2D eigenvalue weighted by atomic mass is 9.78. The lowest BCUT2D eigenvalue weighted by Gasteiger charge is -2.30. The van der Waals surface area contributed by atoms with Crippen LogP contribution in [0.5, 0.6) is 0 Å². The second-order valence-corrected chi connectivity index (χ2v) is 6.27. The van der Waals surface area contributed by atoms with Crippen molar-refractivity contribution in [2.45, 2.75) is 5.92 Å². The molecule has 0 saturated carbocycles. The van der Waals surface area contributed by atoms with Crippen LogP contribution in [0.4, 0.5) is 5.69 Å². The lowest BCUT2D eigenvalue weighted by molar-refractivity contribution is -0.385. The number of amides is 1. The van der Waals surface area contributed by atoms with E-state index in [1.165, 1.54) is 18.2 Å². The summed E-state index contributed by atoms with van der Waals surface area (Å²) in [6, 6.07) is 7.71. The fourth-order valence-corrected chi connectivity index (χ4v) is 3.50. The minimum atomic E-state index is -1.40. The van der Waals surface area contributed by atoms with Gasteiger partial charge in [0.15, 0.2) is 0 Å². The van der Waals surface area contributed by atoms with Gasteiger partial charge in [0.05, 0.1) is 34.6 Å². The van der Waals surface area contributed by atoms with Crippen LogP contribution in [0.3, 0.4) is 0 Å². The molecule has 8 nitrogen and oxygen atoms in total. The first-order valence-electron chi connectivity index (χ1n) is 7.46. The number of benzene rings is 1. The Bertz CT molecular complexity index is 843. The molecule has 0 saturated heterocycles. The molecule has 1 aliphatic heterocycles. The van der Waals surface area contributed by atoms with Crippen molar-refractivity contribution in [3.63, 3.8) is 0 Å². The summed E-state index contributed by atoms with van der Waals surface area (Å²) in [5.74, 6) is -3.65. The summed E-state index contributed by atoms with van der Waals surface area (Å²) in [4.78, 5) is 35.5. The van der Waals surface area contributed by atoms with E-state index in [0.717, 1.165) is 18.9 Å². The highest BCUT2D eigenvalue weighted by Gasteiger charge is 2.46. The molecule has 1 aliphatic rings. The Morgan fingerprint density at radius 3 is 2.81 bits per heavy atom. The van der Waals surface area contributed by atoms with E-state index in [1.54, 1.807) is 12.1 Å². The number of nitro groups is 1. The molecule has 2 rings (SSSR count). The van der Waals surface area contributed by atoms with Gasteiger partial charge < -0.3 is 10.1 Å². The van der Waals surface area contributed by atoms with Gasteiger partial charge in [0, 0.05) is 17.4 Å². The van der Waals surface area contributed by atoms with E-state index in [1.807, 2.05) is 6.07 Å². The first-order chi connectivity index (χ1) is 12.5. The van der Waals surface area contributed by atoms with Gasteiger partial charge in [-0.05, 0) is 0 Å². The molecule has 2 unspecified atom stereocenters. The van der Waals surface area contributed by atoms with Gasteiger partial charge in [0.25, 0.3) is 5.69 Å². The van der Waals surface area contributed by atoms with Crippen LogP contribution in [0.1, 0.15) is 11.5 Å². The predicted octanol–water partition coefficient (Wildman–Crippen LogP) is 2.25. The monoisotopic (exact) mass is 373 g/mol. The van der Waals surface area contributed by atoms with Crippen LogP contribution in [-0.4, -0.2) is 29.7 Å². The summed E-state index contributed by atoms with van der Waals surface area (Å²) in [6.07, 6.45) is 1.59. The van der Waals surface area contributed by atoms with Crippen LogP contribution < -0.4 is 5.32 Å². The first-order valence-corrected chi connectivity index (χ1v) is 8.44. The highest BCUT2D eigenvalue weighted by Crippen LogP contribution is 2.43. The number of carbonyl (C=O) groups excluding carboxylic acids is 2. The maximum atomic E-state index is 12.5. The number of rotatable bonds is 6. The number of thioether (sulfide) groups is 1. The minimum absolute atomic E-state index is 0.0705. The largest absolute Gasteiger partial charge is 0.468 e. The summed E-state index contributed by atoms with van der Waals surface area (Å²) < 4.78 is 4.70. The minimum Gasteiger partial charge on any atom is -0.468 e. The highest BCUT2D eigenvalue weighted by molar-refractivity contribution is 8.03. The van der Waals surface area contributed by atoms with Gasteiger partial charge in [-0.2, -0.15) is 5.26 Å². The molecule has 0 aromatic heterocycles. The van der Waals surface area contributed by atoms with Crippen LogP contribution in [0, 0.1) is 27.4 Å². The number of para-hydroxylation sites is 1. The van der Waals surface area contributed by atoms with E-state index in [-0.39, 0.29) is 21.9 Å². The zero-order valence-electron chi connectivity index (χ0n) is 13.8. The molecule has 1 aromatic rings. The topological polar surface area (TPSA) is 122 Å².